The summed E-state index contributed by atoms with van der Waals surface area (Å²) in [5.41, 5.74) is -0.352. The van der Waals surface area contributed by atoms with Crippen LogP contribution in [0.4, 0.5) is 13.2 Å². The van der Waals surface area contributed by atoms with Crippen LogP contribution in [0.2, 0.25) is 0 Å². The predicted molar refractivity (Wildman–Crippen MR) is 105 cm³/mol. The van der Waals surface area contributed by atoms with E-state index in [2.05, 4.69) is 4.98 Å². The number of rotatable bonds is 5. The lowest BCUT2D eigenvalue weighted by Gasteiger charge is -2.28. The molecule has 8 heteroatoms. The average molecular weight is 418 g/mol. The van der Waals surface area contributed by atoms with Crippen molar-refractivity contribution >= 4 is 10.9 Å². The molecule has 0 radical (unpaired) electrons. The number of aromatic nitrogens is 2. The lowest BCUT2D eigenvalue weighted by atomic mass is 9.88. The Morgan fingerprint density at radius 3 is 2.43 bits per heavy atom. The van der Waals surface area contributed by atoms with E-state index in [9.17, 15) is 23.1 Å². The van der Waals surface area contributed by atoms with E-state index in [1.807, 2.05) is 0 Å². The van der Waals surface area contributed by atoms with Crippen molar-refractivity contribution in [2.75, 3.05) is 6.61 Å². The number of hydrogen-bond donors (Lipinski definition) is 1. The fourth-order valence-corrected chi connectivity index (χ4v) is 3.91. The summed E-state index contributed by atoms with van der Waals surface area (Å²) in [6.07, 6.45) is 4.64. The van der Waals surface area contributed by atoms with Crippen molar-refractivity contribution in [2.24, 2.45) is 5.92 Å². The number of aliphatic hydroxyl groups excluding tert-OH is 1. The summed E-state index contributed by atoms with van der Waals surface area (Å²) >= 11 is 0. The average Bonchev–Trinajstić information content (AvgIpc) is 2.73. The standard InChI is InChI=1S/C22H21F3N2O3/c23-14-7-19(24)18(20(25)8-14)10-27-12-26-22(29)17-9-16(5-6-21(17)27)30-15-3-1-13(11-28)2-4-15/h5-9,12-13,15,28H,1-4,10-11H2. The first-order valence-corrected chi connectivity index (χ1v) is 9.84. The summed E-state index contributed by atoms with van der Waals surface area (Å²) < 4.78 is 48.7. The smallest absolute Gasteiger partial charge is 0.280 e. The maximum Gasteiger partial charge on any atom is 0.280 e. The molecule has 5 nitrogen and oxygen atoms in total. The van der Waals surface area contributed by atoms with Gasteiger partial charge in [-0.2, -0.15) is 4.98 Å². The molecule has 0 spiro atoms. The molecule has 0 atom stereocenters. The zero-order valence-corrected chi connectivity index (χ0v) is 16.2. The molecule has 4 rings (SSSR count). The molecule has 0 bridgehead atoms. The van der Waals surface area contributed by atoms with Crippen LogP contribution in [0, 0.1) is 23.4 Å². The van der Waals surface area contributed by atoms with Gasteiger partial charge in [-0.05, 0) is 49.8 Å². The summed E-state index contributed by atoms with van der Waals surface area (Å²) in [5, 5.41) is 9.51. The Labute approximate surface area is 170 Å². The van der Waals surface area contributed by atoms with Gasteiger partial charge < -0.3 is 14.4 Å². The van der Waals surface area contributed by atoms with Crippen LogP contribution in [0.1, 0.15) is 31.2 Å². The zero-order valence-electron chi connectivity index (χ0n) is 16.2. The normalized spacial score (nSPS) is 19.2. The van der Waals surface area contributed by atoms with Crippen LogP contribution in [0.3, 0.4) is 0 Å². The van der Waals surface area contributed by atoms with Crippen LogP contribution in [0.25, 0.3) is 10.9 Å². The van der Waals surface area contributed by atoms with Crippen molar-refractivity contribution in [3.05, 3.63) is 70.0 Å². The monoisotopic (exact) mass is 418 g/mol. The lowest BCUT2D eigenvalue weighted by molar-refractivity contribution is 0.104. The van der Waals surface area contributed by atoms with Gasteiger partial charge in [0.05, 0.1) is 29.9 Å². The van der Waals surface area contributed by atoms with Gasteiger partial charge in [-0.3, -0.25) is 4.79 Å². The molecule has 30 heavy (non-hydrogen) atoms. The van der Waals surface area contributed by atoms with Gasteiger partial charge in [0.1, 0.15) is 23.2 Å². The Bertz CT molecular complexity index is 1100. The van der Waals surface area contributed by atoms with Gasteiger partial charge in [0.15, 0.2) is 0 Å². The molecule has 1 aliphatic carbocycles. The zero-order chi connectivity index (χ0) is 21.3. The molecule has 0 amide bonds. The van der Waals surface area contributed by atoms with E-state index >= 15 is 0 Å². The highest BCUT2D eigenvalue weighted by Crippen LogP contribution is 2.28. The van der Waals surface area contributed by atoms with E-state index in [4.69, 9.17) is 4.74 Å². The van der Waals surface area contributed by atoms with E-state index in [0.717, 1.165) is 25.7 Å². The molecule has 1 aliphatic rings. The number of hydrogen-bond acceptors (Lipinski definition) is 4. The number of nitrogens with zero attached hydrogens (tertiary/aromatic N) is 2. The molecule has 0 aliphatic heterocycles. The van der Waals surface area contributed by atoms with Gasteiger partial charge >= 0.3 is 0 Å². The fraction of sp³-hybridized carbons (Fsp3) is 0.364. The van der Waals surface area contributed by atoms with Crippen LogP contribution in [0.5, 0.6) is 5.75 Å². The van der Waals surface area contributed by atoms with Crippen LogP contribution in [0.15, 0.2) is 41.5 Å². The van der Waals surface area contributed by atoms with E-state index < -0.39 is 23.0 Å². The molecule has 1 N–H and O–H groups in total. The van der Waals surface area contributed by atoms with E-state index in [1.54, 1.807) is 18.2 Å². The van der Waals surface area contributed by atoms with Crippen LogP contribution in [-0.2, 0) is 6.54 Å². The molecule has 3 aromatic rings. The third kappa shape index (κ3) is 4.18. The summed E-state index contributed by atoms with van der Waals surface area (Å²) in [4.78, 5) is 16.1. The number of halogens is 3. The highest BCUT2D eigenvalue weighted by atomic mass is 19.1. The Balaban J connectivity index is 1.61. The minimum absolute atomic E-state index is 0.00607. The van der Waals surface area contributed by atoms with Gasteiger partial charge in [-0.1, -0.05) is 0 Å². The van der Waals surface area contributed by atoms with Gasteiger partial charge in [0.2, 0.25) is 0 Å². The third-order valence-corrected chi connectivity index (χ3v) is 5.61. The first kappa shape index (κ1) is 20.4. The Morgan fingerprint density at radius 2 is 1.77 bits per heavy atom. The minimum Gasteiger partial charge on any atom is -0.490 e. The van der Waals surface area contributed by atoms with Crippen molar-refractivity contribution in [1.82, 2.24) is 9.55 Å². The molecular formula is C22H21F3N2O3. The van der Waals surface area contributed by atoms with Crippen molar-refractivity contribution in [2.45, 2.75) is 38.3 Å². The second kappa shape index (κ2) is 8.47. The topological polar surface area (TPSA) is 64.4 Å². The summed E-state index contributed by atoms with van der Waals surface area (Å²) in [5.74, 6) is -2.17. The second-order valence-corrected chi connectivity index (χ2v) is 7.65. The molecule has 1 fully saturated rings. The predicted octanol–water partition coefficient (Wildman–Crippen LogP) is 3.79. The number of aliphatic hydroxyl groups is 1. The second-order valence-electron chi connectivity index (χ2n) is 7.65. The lowest BCUT2D eigenvalue weighted by Crippen LogP contribution is -2.25. The largest absolute Gasteiger partial charge is 0.490 e. The number of fused-ring (bicyclic) bond motifs is 1. The van der Waals surface area contributed by atoms with E-state index in [-0.39, 0.29) is 30.2 Å². The highest BCUT2D eigenvalue weighted by molar-refractivity contribution is 5.79. The fourth-order valence-electron chi connectivity index (χ4n) is 3.91. The number of ether oxygens (including phenoxy) is 1. The SMILES string of the molecule is O=c1ncn(Cc2c(F)cc(F)cc2F)c2ccc(OC3CCC(CO)CC3)cc12. The van der Waals surface area contributed by atoms with Gasteiger partial charge in [0, 0.05) is 24.3 Å². The quantitative estimate of drug-likeness (QED) is 0.685. The molecule has 2 aromatic carbocycles. The minimum atomic E-state index is -1.00. The first-order valence-electron chi connectivity index (χ1n) is 9.84. The van der Waals surface area contributed by atoms with E-state index in [1.165, 1.54) is 10.9 Å². The molecule has 158 valence electrons. The Hall–Kier alpha value is -2.87. The van der Waals surface area contributed by atoms with Crippen LogP contribution >= 0.6 is 0 Å². The summed E-state index contributed by atoms with van der Waals surface area (Å²) in [7, 11) is 0. The van der Waals surface area contributed by atoms with Gasteiger partial charge in [-0.25, -0.2) is 13.2 Å². The summed E-state index contributed by atoms with van der Waals surface area (Å²) in [6, 6.07) is 6.17. The molecule has 1 aromatic heterocycles. The Kier molecular flexibility index (Phi) is 5.76. The maximum atomic E-state index is 14.0. The Morgan fingerprint density at radius 1 is 1.07 bits per heavy atom. The molecule has 1 saturated carbocycles. The van der Waals surface area contributed by atoms with E-state index in [0.29, 0.717) is 29.3 Å². The summed E-state index contributed by atoms with van der Waals surface area (Å²) in [6.45, 7) is -0.0593. The van der Waals surface area contributed by atoms with Crippen molar-refractivity contribution in [3.8, 4) is 5.75 Å². The highest BCUT2D eigenvalue weighted by Gasteiger charge is 2.22. The number of benzene rings is 2. The van der Waals surface area contributed by atoms with Crippen molar-refractivity contribution in [1.29, 1.82) is 0 Å². The van der Waals surface area contributed by atoms with Crippen LogP contribution in [-0.4, -0.2) is 27.4 Å². The molecular weight excluding hydrogens is 397 g/mol. The van der Waals surface area contributed by atoms with Crippen LogP contribution < -0.4 is 10.3 Å². The molecule has 0 saturated heterocycles. The van der Waals surface area contributed by atoms with Crippen molar-refractivity contribution < 1.29 is 23.0 Å². The molecule has 1 heterocycles. The molecule has 0 unspecified atom stereocenters. The maximum absolute atomic E-state index is 14.0. The van der Waals surface area contributed by atoms with Gasteiger partial charge in [0.25, 0.3) is 5.56 Å². The third-order valence-electron chi connectivity index (χ3n) is 5.61. The van der Waals surface area contributed by atoms with Crippen molar-refractivity contribution in [3.63, 3.8) is 0 Å². The van der Waals surface area contributed by atoms with Gasteiger partial charge in [-0.15, -0.1) is 0 Å². The first-order chi connectivity index (χ1) is 14.4.